The van der Waals surface area contributed by atoms with Crippen LogP contribution in [-0.4, -0.2) is 4.98 Å². The molecule has 1 heterocycles. The van der Waals surface area contributed by atoms with Crippen LogP contribution in [0.3, 0.4) is 0 Å². The number of para-hydroxylation sites is 1. The van der Waals surface area contributed by atoms with Crippen molar-refractivity contribution in [3.8, 4) is 0 Å². The summed E-state index contributed by atoms with van der Waals surface area (Å²) in [5.41, 5.74) is 6.24. The molecule has 3 rings (SSSR count). The van der Waals surface area contributed by atoms with Crippen molar-refractivity contribution in [3.63, 3.8) is 0 Å². The van der Waals surface area contributed by atoms with Crippen LogP contribution in [0, 0.1) is 0 Å². The molecule has 0 unspecified atom stereocenters. The van der Waals surface area contributed by atoms with E-state index in [9.17, 15) is 0 Å². The largest absolute Gasteiger partial charge is 0.355 e. The molecule has 3 aromatic rings. The zero-order valence-electron chi connectivity index (χ0n) is 11.3. The number of rotatable bonds is 2. The molecule has 0 saturated carbocycles. The van der Waals surface area contributed by atoms with E-state index in [1.165, 1.54) is 33.3 Å². The zero-order valence-corrected chi connectivity index (χ0v) is 11.3. The molecule has 1 aromatic heterocycles. The molecule has 0 fully saturated rings. The maximum atomic E-state index is 3.52. The van der Waals surface area contributed by atoms with Crippen LogP contribution in [0.25, 0.3) is 16.5 Å². The number of nitrogens with one attached hydrogen (secondary N) is 1. The Kier molecular flexibility index (Phi) is 2.96. The van der Waals surface area contributed by atoms with Crippen LogP contribution in [0.2, 0.25) is 0 Å². The SMILES string of the molecule is CC(C)=C(c1ccccc1)c1cc2ccccc2[nH]1. The summed E-state index contributed by atoms with van der Waals surface area (Å²) in [5.74, 6) is 0. The Morgan fingerprint density at radius 2 is 1.53 bits per heavy atom. The Balaban J connectivity index is 2.19. The molecule has 0 aliphatic rings. The Bertz CT molecular complexity index is 695. The van der Waals surface area contributed by atoms with Gasteiger partial charge in [-0.15, -0.1) is 0 Å². The Morgan fingerprint density at radius 1 is 0.842 bits per heavy atom. The summed E-state index contributed by atoms with van der Waals surface area (Å²) in [5, 5.41) is 1.26. The van der Waals surface area contributed by atoms with Crippen molar-refractivity contribution in [1.82, 2.24) is 4.98 Å². The van der Waals surface area contributed by atoms with Gasteiger partial charge in [-0.1, -0.05) is 54.1 Å². The lowest BCUT2D eigenvalue weighted by atomic mass is 9.98. The number of hydrogen-bond acceptors (Lipinski definition) is 0. The molecular formula is C18H17N. The van der Waals surface area contributed by atoms with E-state index in [1.54, 1.807) is 0 Å². The fourth-order valence-electron chi connectivity index (χ4n) is 2.53. The van der Waals surface area contributed by atoms with Crippen molar-refractivity contribution >= 4 is 16.5 Å². The van der Waals surface area contributed by atoms with E-state index in [-0.39, 0.29) is 0 Å². The van der Waals surface area contributed by atoms with Gasteiger partial charge in [-0.2, -0.15) is 0 Å². The molecule has 0 aliphatic carbocycles. The van der Waals surface area contributed by atoms with Crippen molar-refractivity contribution in [1.29, 1.82) is 0 Å². The number of fused-ring (bicyclic) bond motifs is 1. The number of allylic oxidation sites excluding steroid dienone is 1. The average molecular weight is 247 g/mol. The third-order valence-corrected chi connectivity index (χ3v) is 3.36. The minimum absolute atomic E-state index is 1.19. The van der Waals surface area contributed by atoms with Crippen molar-refractivity contribution in [3.05, 3.63) is 77.5 Å². The molecule has 0 amide bonds. The molecule has 2 aromatic carbocycles. The van der Waals surface area contributed by atoms with Crippen LogP contribution in [0.1, 0.15) is 25.1 Å². The second kappa shape index (κ2) is 4.77. The second-order valence-corrected chi connectivity index (χ2v) is 5.01. The molecular weight excluding hydrogens is 230 g/mol. The van der Waals surface area contributed by atoms with Crippen LogP contribution in [0.15, 0.2) is 66.2 Å². The number of aromatic nitrogens is 1. The summed E-state index contributed by atoms with van der Waals surface area (Å²) in [7, 11) is 0. The first-order valence-electron chi connectivity index (χ1n) is 6.57. The third kappa shape index (κ3) is 2.19. The lowest BCUT2D eigenvalue weighted by Gasteiger charge is -2.08. The van der Waals surface area contributed by atoms with Crippen LogP contribution < -0.4 is 0 Å². The maximum absolute atomic E-state index is 3.52. The normalized spacial score (nSPS) is 10.6. The Labute approximate surface area is 113 Å². The second-order valence-electron chi connectivity index (χ2n) is 5.01. The van der Waals surface area contributed by atoms with E-state index in [0.29, 0.717) is 0 Å². The topological polar surface area (TPSA) is 15.8 Å². The van der Waals surface area contributed by atoms with Crippen LogP contribution in [-0.2, 0) is 0 Å². The lowest BCUT2D eigenvalue weighted by Crippen LogP contribution is -1.90. The molecule has 0 aliphatic heterocycles. The van der Waals surface area contributed by atoms with Gasteiger partial charge in [0.05, 0.1) is 0 Å². The zero-order chi connectivity index (χ0) is 13.2. The van der Waals surface area contributed by atoms with E-state index < -0.39 is 0 Å². The van der Waals surface area contributed by atoms with Gasteiger partial charge in [0.1, 0.15) is 0 Å². The summed E-state index contributed by atoms with van der Waals surface area (Å²) in [6.07, 6.45) is 0. The van der Waals surface area contributed by atoms with Crippen molar-refractivity contribution in [2.75, 3.05) is 0 Å². The Morgan fingerprint density at radius 3 is 2.21 bits per heavy atom. The highest BCUT2D eigenvalue weighted by Gasteiger charge is 2.09. The summed E-state index contributed by atoms with van der Waals surface area (Å²) in [6, 6.07) is 21.2. The predicted octanol–water partition coefficient (Wildman–Crippen LogP) is 5.01. The van der Waals surface area contributed by atoms with Crippen molar-refractivity contribution in [2.45, 2.75) is 13.8 Å². The molecule has 19 heavy (non-hydrogen) atoms. The van der Waals surface area contributed by atoms with Crippen LogP contribution in [0.4, 0.5) is 0 Å². The van der Waals surface area contributed by atoms with Crippen molar-refractivity contribution in [2.24, 2.45) is 0 Å². The minimum atomic E-state index is 1.19. The molecule has 1 nitrogen and oxygen atoms in total. The van der Waals surface area contributed by atoms with Gasteiger partial charge in [-0.05, 0) is 31.5 Å². The molecule has 0 bridgehead atoms. The summed E-state index contributed by atoms with van der Waals surface area (Å²) in [4.78, 5) is 3.52. The molecule has 0 saturated heterocycles. The molecule has 0 spiro atoms. The monoisotopic (exact) mass is 247 g/mol. The molecule has 0 radical (unpaired) electrons. The van der Waals surface area contributed by atoms with E-state index >= 15 is 0 Å². The van der Waals surface area contributed by atoms with Gasteiger partial charge < -0.3 is 4.98 Å². The summed E-state index contributed by atoms with van der Waals surface area (Å²) in [6.45, 7) is 4.32. The molecule has 94 valence electrons. The van der Waals surface area contributed by atoms with E-state index in [1.807, 2.05) is 0 Å². The fraction of sp³-hybridized carbons (Fsp3) is 0.111. The first kappa shape index (κ1) is 11.8. The van der Waals surface area contributed by atoms with Gasteiger partial charge in [0, 0.05) is 22.2 Å². The quantitative estimate of drug-likeness (QED) is 0.655. The number of H-pyrrole nitrogens is 1. The van der Waals surface area contributed by atoms with Gasteiger partial charge >= 0.3 is 0 Å². The van der Waals surface area contributed by atoms with Crippen LogP contribution >= 0.6 is 0 Å². The Hall–Kier alpha value is -2.28. The third-order valence-electron chi connectivity index (χ3n) is 3.36. The maximum Gasteiger partial charge on any atom is 0.0470 e. The van der Waals surface area contributed by atoms with Gasteiger partial charge in [0.2, 0.25) is 0 Å². The summed E-state index contributed by atoms with van der Waals surface area (Å²) < 4.78 is 0. The highest BCUT2D eigenvalue weighted by atomic mass is 14.7. The molecule has 1 N–H and O–H groups in total. The highest BCUT2D eigenvalue weighted by molar-refractivity contribution is 5.89. The standard InChI is InChI=1S/C18H17N/c1-13(2)18(14-8-4-3-5-9-14)17-12-15-10-6-7-11-16(15)19-17/h3-12,19H,1-2H3. The smallest absolute Gasteiger partial charge is 0.0470 e. The van der Waals surface area contributed by atoms with Gasteiger partial charge in [0.25, 0.3) is 0 Å². The van der Waals surface area contributed by atoms with Crippen molar-refractivity contribution < 1.29 is 0 Å². The van der Waals surface area contributed by atoms with Gasteiger partial charge in [-0.3, -0.25) is 0 Å². The number of hydrogen-bond donors (Lipinski definition) is 1. The number of benzene rings is 2. The first-order valence-corrected chi connectivity index (χ1v) is 6.57. The number of aromatic amines is 1. The fourth-order valence-corrected chi connectivity index (χ4v) is 2.53. The average Bonchev–Trinajstić information content (AvgIpc) is 2.82. The first-order chi connectivity index (χ1) is 9.25. The lowest BCUT2D eigenvalue weighted by molar-refractivity contribution is 1.32. The molecule has 0 atom stereocenters. The van der Waals surface area contributed by atoms with E-state index in [0.717, 1.165) is 0 Å². The van der Waals surface area contributed by atoms with E-state index in [4.69, 9.17) is 0 Å². The molecule has 1 heteroatoms. The van der Waals surface area contributed by atoms with Gasteiger partial charge in [-0.25, -0.2) is 0 Å². The minimum Gasteiger partial charge on any atom is -0.355 e. The highest BCUT2D eigenvalue weighted by Crippen LogP contribution is 2.28. The van der Waals surface area contributed by atoms with E-state index in [2.05, 4.69) is 79.5 Å². The van der Waals surface area contributed by atoms with Crippen LogP contribution in [0.5, 0.6) is 0 Å². The predicted molar refractivity (Wildman–Crippen MR) is 82.1 cm³/mol. The van der Waals surface area contributed by atoms with Gasteiger partial charge in [0.15, 0.2) is 0 Å². The summed E-state index contributed by atoms with van der Waals surface area (Å²) >= 11 is 0.